The van der Waals surface area contributed by atoms with Gasteiger partial charge in [-0.15, -0.1) is 0 Å². The fourth-order valence-electron chi connectivity index (χ4n) is 2.30. The number of benzene rings is 1. The van der Waals surface area contributed by atoms with Crippen LogP contribution in [0.3, 0.4) is 0 Å². The zero-order valence-corrected chi connectivity index (χ0v) is 11.8. The highest BCUT2D eigenvalue weighted by Crippen LogP contribution is 2.31. The van der Waals surface area contributed by atoms with Gasteiger partial charge in [0.25, 0.3) is 0 Å². The van der Waals surface area contributed by atoms with Gasteiger partial charge in [0.15, 0.2) is 0 Å². The lowest BCUT2D eigenvalue weighted by molar-refractivity contribution is -0.126. The van der Waals surface area contributed by atoms with Crippen LogP contribution in [0.15, 0.2) is 22.7 Å². The van der Waals surface area contributed by atoms with E-state index in [1.807, 2.05) is 13.0 Å². The van der Waals surface area contributed by atoms with E-state index in [0.29, 0.717) is 17.6 Å². The summed E-state index contributed by atoms with van der Waals surface area (Å²) in [7, 11) is 0. The molecule has 18 heavy (non-hydrogen) atoms. The second-order valence-corrected chi connectivity index (χ2v) is 5.89. The maximum atomic E-state index is 13.4. The Morgan fingerprint density at radius 1 is 1.61 bits per heavy atom. The van der Waals surface area contributed by atoms with Gasteiger partial charge in [0.05, 0.1) is 9.89 Å². The summed E-state index contributed by atoms with van der Waals surface area (Å²) >= 11 is 3.25. The Bertz CT molecular complexity index is 480. The summed E-state index contributed by atoms with van der Waals surface area (Å²) in [4.78, 5) is 13.5. The number of carbonyl (C=O) groups is 1. The summed E-state index contributed by atoms with van der Waals surface area (Å²) in [6.07, 6.45) is 0.759. The molecule has 0 radical (unpaired) electrons. The first kappa shape index (κ1) is 13.5. The van der Waals surface area contributed by atoms with E-state index >= 15 is 0 Å². The number of rotatable bonds is 3. The third kappa shape index (κ3) is 2.57. The molecule has 98 valence electrons. The average Bonchev–Trinajstić information content (AvgIpc) is 2.68. The number of amides is 1. The average molecular weight is 315 g/mol. The Labute approximate surface area is 114 Å². The fourth-order valence-corrected chi connectivity index (χ4v) is 2.69. The van der Waals surface area contributed by atoms with Crippen LogP contribution in [0.1, 0.15) is 18.9 Å². The van der Waals surface area contributed by atoms with Gasteiger partial charge in [-0.3, -0.25) is 9.69 Å². The molecule has 1 heterocycles. The van der Waals surface area contributed by atoms with Crippen molar-refractivity contribution >= 4 is 21.8 Å². The van der Waals surface area contributed by atoms with Crippen molar-refractivity contribution in [3.8, 4) is 0 Å². The van der Waals surface area contributed by atoms with Crippen molar-refractivity contribution in [2.24, 2.45) is 11.1 Å². The van der Waals surface area contributed by atoms with Crippen LogP contribution < -0.4 is 5.73 Å². The van der Waals surface area contributed by atoms with Crippen molar-refractivity contribution in [3.05, 3.63) is 34.1 Å². The molecule has 0 bridgehead atoms. The monoisotopic (exact) mass is 314 g/mol. The van der Waals surface area contributed by atoms with Crippen LogP contribution in [-0.2, 0) is 11.3 Å². The highest BCUT2D eigenvalue weighted by molar-refractivity contribution is 9.10. The van der Waals surface area contributed by atoms with Crippen LogP contribution >= 0.6 is 15.9 Å². The lowest BCUT2D eigenvalue weighted by Gasteiger charge is -2.21. The van der Waals surface area contributed by atoms with Crippen LogP contribution in [0.4, 0.5) is 4.39 Å². The van der Waals surface area contributed by atoms with E-state index in [9.17, 15) is 9.18 Å². The lowest BCUT2D eigenvalue weighted by atomic mass is 9.89. The van der Waals surface area contributed by atoms with Gasteiger partial charge in [-0.25, -0.2) is 4.39 Å². The minimum absolute atomic E-state index is 0.260. The highest BCUT2D eigenvalue weighted by Gasteiger charge is 2.38. The van der Waals surface area contributed by atoms with E-state index in [-0.39, 0.29) is 11.7 Å². The molecule has 5 heteroatoms. The van der Waals surface area contributed by atoms with Crippen molar-refractivity contribution in [3.63, 3.8) is 0 Å². The summed E-state index contributed by atoms with van der Waals surface area (Å²) in [5.41, 5.74) is 5.84. The molecule has 0 saturated carbocycles. The van der Waals surface area contributed by atoms with Crippen molar-refractivity contribution in [1.82, 2.24) is 4.90 Å². The molecular formula is C13H16BrFN2O. The number of primary amides is 1. The molecule has 0 aromatic heterocycles. The molecule has 0 spiro atoms. The Hall–Kier alpha value is -0.940. The van der Waals surface area contributed by atoms with E-state index < -0.39 is 5.41 Å². The standard InChI is InChI=1S/C13H16BrFN2O/c1-13(12(16)18)5-6-17(8-13)7-9-3-2-4-10(15)11(9)14/h2-4H,5-8H2,1H3,(H2,16,18). The summed E-state index contributed by atoms with van der Waals surface area (Å²) in [6, 6.07) is 5.00. The second-order valence-electron chi connectivity index (χ2n) is 5.10. The van der Waals surface area contributed by atoms with E-state index in [2.05, 4.69) is 20.8 Å². The van der Waals surface area contributed by atoms with E-state index in [1.54, 1.807) is 6.07 Å². The fraction of sp³-hybridized carbons (Fsp3) is 0.462. The first-order chi connectivity index (χ1) is 8.42. The Morgan fingerprint density at radius 3 is 2.94 bits per heavy atom. The minimum atomic E-state index is -0.459. The quantitative estimate of drug-likeness (QED) is 0.930. The molecule has 1 amide bonds. The SMILES string of the molecule is CC1(C(N)=O)CCN(Cc2cccc(F)c2Br)C1. The van der Waals surface area contributed by atoms with Crippen LogP contribution in [0, 0.1) is 11.2 Å². The van der Waals surface area contributed by atoms with Crippen molar-refractivity contribution in [2.75, 3.05) is 13.1 Å². The molecule has 3 nitrogen and oxygen atoms in total. The molecule has 1 aromatic carbocycles. The largest absolute Gasteiger partial charge is 0.369 e. The molecule has 1 fully saturated rings. The Kier molecular flexibility index (Phi) is 3.73. The smallest absolute Gasteiger partial charge is 0.224 e. The topological polar surface area (TPSA) is 46.3 Å². The molecule has 1 aliphatic rings. The normalized spacial score (nSPS) is 24.4. The van der Waals surface area contributed by atoms with Crippen LogP contribution in [-0.4, -0.2) is 23.9 Å². The molecule has 2 N–H and O–H groups in total. The zero-order valence-electron chi connectivity index (χ0n) is 10.2. The van der Waals surface area contributed by atoms with Crippen molar-refractivity contribution < 1.29 is 9.18 Å². The lowest BCUT2D eigenvalue weighted by Crippen LogP contribution is -2.36. The number of carbonyl (C=O) groups excluding carboxylic acids is 1. The Morgan fingerprint density at radius 2 is 2.33 bits per heavy atom. The number of likely N-dealkylation sites (tertiary alicyclic amines) is 1. The molecule has 0 aliphatic carbocycles. The zero-order chi connectivity index (χ0) is 13.3. The molecular weight excluding hydrogens is 299 g/mol. The van der Waals surface area contributed by atoms with Gasteiger partial charge in [0.1, 0.15) is 5.82 Å². The number of hydrogen-bond donors (Lipinski definition) is 1. The van der Waals surface area contributed by atoms with Gasteiger partial charge in [-0.2, -0.15) is 0 Å². The second kappa shape index (κ2) is 4.97. The first-order valence-corrected chi connectivity index (χ1v) is 6.67. The maximum absolute atomic E-state index is 13.4. The summed E-state index contributed by atoms with van der Waals surface area (Å²) in [5, 5.41) is 0. The van der Waals surface area contributed by atoms with Crippen LogP contribution in [0.25, 0.3) is 0 Å². The van der Waals surface area contributed by atoms with E-state index in [4.69, 9.17) is 5.73 Å². The third-order valence-corrected chi connectivity index (χ3v) is 4.46. The van der Waals surface area contributed by atoms with Gasteiger partial charge in [-0.1, -0.05) is 12.1 Å². The molecule has 1 aromatic rings. The van der Waals surface area contributed by atoms with Gasteiger partial charge >= 0.3 is 0 Å². The van der Waals surface area contributed by atoms with Crippen molar-refractivity contribution in [2.45, 2.75) is 19.9 Å². The molecule has 1 atom stereocenters. The van der Waals surface area contributed by atoms with Gasteiger partial charge in [-0.05, 0) is 47.4 Å². The predicted octanol–water partition coefficient (Wildman–Crippen LogP) is 2.29. The maximum Gasteiger partial charge on any atom is 0.224 e. The predicted molar refractivity (Wildman–Crippen MR) is 71.3 cm³/mol. The summed E-state index contributed by atoms with van der Waals surface area (Å²) < 4.78 is 13.9. The molecule has 2 rings (SSSR count). The number of halogens is 2. The number of nitrogens with zero attached hydrogens (tertiary/aromatic N) is 1. The van der Waals surface area contributed by atoms with Crippen LogP contribution in [0.2, 0.25) is 0 Å². The number of nitrogens with two attached hydrogens (primary N) is 1. The van der Waals surface area contributed by atoms with Gasteiger partial charge < -0.3 is 5.73 Å². The summed E-state index contributed by atoms with van der Waals surface area (Å²) in [5.74, 6) is -0.521. The first-order valence-electron chi connectivity index (χ1n) is 5.87. The van der Waals surface area contributed by atoms with Gasteiger partial charge in [0.2, 0.25) is 5.91 Å². The minimum Gasteiger partial charge on any atom is -0.369 e. The highest BCUT2D eigenvalue weighted by atomic mass is 79.9. The van der Waals surface area contributed by atoms with Crippen molar-refractivity contribution in [1.29, 1.82) is 0 Å². The third-order valence-electron chi connectivity index (χ3n) is 3.57. The summed E-state index contributed by atoms with van der Waals surface area (Å²) in [6.45, 7) is 3.95. The van der Waals surface area contributed by atoms with Gasteiger partial charge in [0, 0.05) is 13.1 Å². The Balaban J connectivity index is 2.08. The van der Waals surface area contributed by atoms with E-state index in [1.165, 1.54) is 6.07 Å². The van der Waals surface area contributed by atoms with Crippen LogP contribution in [0.5, 0.6) is 0 Å². The van der Waals surface area contributed by atoms with E-state index in [0.717, 1.165) is 18.5 Å². The molecule has 1 unspecified atom stereocenters. The number of hydrogen-bond acceptors (Lipinski definition) is 2. The molecule has 1 saturated heterocycles. The molecule has 1 aliphatic heterocycles.